The molecular weight excluding hydrogens is 444 g/mol. The van der Waals surface area contributed by atoms with Crippen LogP contribution < -0.4 is 9.47 Å². The van der Waals surface area contributed by atoms with E-state index in [9.17, 15) is 4.79 Å². The van der Waals surface area contributed by atoms with E-state index >= 15 is 0 Å². The molecule has 0 aliphatic carbocycles. The molecule has 0 spiro atoms. The molecule has 1 aliphatic heterocycles. The molecule has 3 heterocycles. The van der Waals surface area contributed by atoms with Gasteiger partial charge >= 0.3 is 12.1 Å². The summed E-state index contributed by atoms with van der Waals surface area (Å²) in [7, 11) is 0. The summed E-state index contributed by atoms with van der Waals surface area (Å²) in [6.45, 7) is 8.75. The number of benzene rings is 1. The molecule has 8 nitrogen and oxygen atoms in total. The molecule has 2 aromatic heterocycles. The number of hydrogen-bond donors (Lipinski definition) is 0. The Bertz CT molecular complexity index is 1250. The van der Waals surface area contributed by atoms with Crippen molar-refractivity contribution in [2.75, 3.05) is 13.2 Å². The van der Waals surface area contributed by atoms with Crippen molar-refractivity contribution in [1.29, 1.82) is 0 Å². The highest BCUT2D eigenvalue weighted by molar-refractivity contribution is 5.83. The molecule has 4 rings (SSSR count). The van der Waals surface area contributed by atoms with Crippen LogP contribution in [0.25, 0.3) is 10.9 Å². The summed E-state index contributed by atoms with van der Waals surface area (Å²) >= 11 is 0. The molecule has 35 heavy (non-hydrogen) atoms. The lowest BCUT2D eigenvalue weighted by Crippen LogP contribution is -2.50. The molecule has 1 amide bonds. The molecular formula is C27H30N4O4. The number of nitrogens with zero attached hydrogens (tertiary/aromatic N) is 4. The van der Waals surface area contributed by atoms with E-state index in [1.165, 1.54) is 0 Å². The summed E-state index contributed by atoms with van der Waals surface area (Å²) in [4.78, 5) is 27.7. The van der Waals surface area contributed by atoms with E-state index in [0.717, 1.165) is 18.4 Å². The lowest BCUT2D eigenvalue weighted by molar-refractivity contribution is 0.00168. The third-order valence-corrected chi connectivity index (χ3v) is 5.78. The summed E-state index contributed by atoms with van der Waals surface area (Å²) in [5.41, 5.74) is 0.867. The standard InChI is InChI=1S/C27H30N4O4/c1-6-21-20-15-23(33-17-19-11-8-7-9-12-19)28-16-22(20)30-24(29-21)34-18-27(5)13-10-14-31(27)25(32)35-26(2,3)4/h1,7-9,11-12,15-16H,10,13-14,17-18H2,2-5H3/t27-/m0/s1. The van der Waals surface area contributed by atoms with Gasteiger partial charge in [0.05, 0.1) is 17.3 Å². The molecule has 0 saturated carbocycles. The number of terminal acetylenes is 1. The molecule has 0 N–H and O–H groups in total. The van der Waals surface area contributed by atoms with Crippen molar-refractivity contribution in [2.24, 2.45) is 0 Å². The number of pyridine rings is 1. The van der Waals surface area contributed by atoms with Gasteiger partial charge in [-0.2, -0.15) is 9.97 Å². The van der Waals surface area contributed by atoms with E-state index < -0.39 is 11.1 Å². The molecule has 8 heteroatoms. The van der Waals surface area contributed by atoms with Gasteiger partial charge < -0.3 is 14.2 Å². The van der Waals surface area contributed by atoms with Crippen LogP contribution in [0.1, 0.15) is 51.8 Å². The van der Waals surface area contributed by atoms with Gasteiger partial charge in [-0.1, -0.05) is 30.3 Å². The molecule has 1 fully saturated rings. The van der Waals surface area contributed by atoms with E-state index in [4.69, 9.17) is 20.6 Å². The molecule has 0 unspecified atom stereocenters. The molecule has 182 valence electrons. The second kappa shape index (κ2) is 9.79. The van der Waals surface area contributed by atoms with E-state index in [1.807, 2.05) is 58.0 Å². The fraction of sp³-hybridized carbons (Fsp3) is 0.407. The molecule has 1 atom stereocenters. The molecule has 1 aliphatic rings. The topological polar surface area (TPSA) is 86.7 Å². The lowest BCUT2D eigenvalue weighted by atomic mass is 10.0. The van der Waals surface area contributed by atoms with Crippen LogP contribution in [0.2, 0.25) is 0 Å². The molecule has 0 radical (unpaired) electrons. The van der Waals surface area contributed by atoms with Gasteiger partial charge in [-0.15, -0.1) is 6.42 Å². The number of carbonyl (C=O) groups excluding carboxylic acids is 1. The fourth-order valence-electron chi connectivity index (χ4n) is 4.00. The maximum absolute atomic E-state index is 12.7. The number of aromatic nitrogens is 3. The van der Waals surface area contributed by atoms with Crippen molar-refractivity contribution in [3.63, 3.8) is 0 Å². The van der Waals surface area contributed by atoms with Crippen LogP contribution in [0, 0.1) is 12.3 Å². The minimum atomic E-state index is -0.568. The maximum atomic E-state index is 12.7. The van der Waals surface area contributed by atoms with Crippen LogP contribution in [0.15, 0.2) is 42.6 Å². The van der Waals surface area contributed by atoms with Gasteiger partial charge in [0.2, 0.25) is 5.88 Å². The average molecular weight is 475 g/mol. The van der Waals surface area contributed by atoms with Gasteiger partial charge in [0.25, 0.3) is 0 Å². The summed E-state index contributed by atoms with van der Waals surface area (Å²) < 4.78 is 17.4. The minimum Gasteiger partial charge on any atom is -0.473 e. The average Bonchev–Trinajstić information content (AvgIpc) is 3.22. The highest BCUT2D eigenvalue weighted by Crippen LogP contribution is 2.31. The van der Waals surface area contributed by atoms with Gasteiger partial charge in [0.15, 0.2) is 0 Å². The van der Waals surface area contributed by atoms with E-state index in [0.29, 0.717) is 35.6 Å². The van der Waals surface area contributed by atoms with Crippen molar-refractivity contribution >= 4 is 17.0 Å². The number of carbonyl (C=O) groups is 1. The zero-order chi connectivity index (χ0) is 25.1. The smallest absolute Gasteiger partial charge is 0.410 e. The van der Waals surface area contributed by atoms with Crippen LogP contribution in [0.4, 0.5) is 4.79 Å². The Labute approximate surface area is 205 Å². The minimum absolute atomic E-state index is 0.141. The maximum Gasteiger partial charge on any atom is 0.410 e. The highest BCUT2D eigenvalue weighted by atomic mass is 16.6. The van der Waals surface area contributed by atoms with E-state index in [1.54, 1.807) is 17.2 Å². The number of fused-ring (bicyclic) bond motifs is 1. The predicted molar refractivity (Wildman–Crippen MR) is 132 cm³/mol. The van der Waals surface area contributed by atoms with Crippen molar-refractivity contribution in [1.82, 2.24) is 19.9 Å². The van der Waals surface area contributed by atoms with Gasteiger partial charge in [-0.25, -0.2) is 9.78 Å². The second-order valence-electron chi connectivity index (χ2n) is 9.83. The van der Waals surface area contributed by atoms with Gasteiger partial charge in [0, 0.05) is 18.0 Å². The largest absolute Gasteiger partial charge is 0.473 e. The Kier molecular flexibility index (Phi) is 6.79. The van der Waals surface area contributed by atoms with Crippen LogP contribution in [0.5, 0.6) is 11.9 Å². The zero-order valence-corrected chi connectivity index (χ0v) is 20.6. The Hall–Kier alpha value is -3.86. The summed E-state index contributed by atoms with van der Waals surface area (Å²) in [6, 6.07) is 11.7. The molecule has 1 aromatic carbocycles. The molecule has 1 saturated heterocycles. The number of amides is 1. The first-order chi connectivity index (χ1) is 16.7. The number of hydrogen-bond acceptors (Lipinski definition) is 7. The summed E-state index contributed by atoms with van der Waals surface area (Å²) in [5.74, 6) is 3.03. The third-order valence-electron chi connectivity index (χ3n) is 5.78. The predicted octanol–water partition coefficient (Wildman–Crippen LogP) is 4.75. The molecule has 0 bridgehead atoms. The Morgan fingerprint density at radius 1 is 1.20 bits per heavy atom. The first kappa shape index (κ1) is 24.3. The molecule has 3 aromatic rings. The SMILES string of the molecule is C#Cc1nc(OC[C@]2(C)CCCN2C(=O)OC(C)(C)C)nc2cnc(OCc3ccccc3)cc12. The number of rotatable bonds is 6. The van der Waals surface area contributed by atoms with Gasteiger partial charge in [-0.05, 0) is 52.0 Å². The second-order valence-corrected chi connectivity index (χ2v) is 9.83. The van der Waals surface area contributed by atoms with Crippen molar-refractivity contribution in [3.05, 3.63) is 53.9 Å². The van der Waals surface area contributed by atoms with Crippen molar-refractivity contribution < 1.29 is 19.0 Å². The third kappa shape index (κ3) is 5.80. The monoisotopic (exact) mass is 474 g/mol. The quantitative estimate of drug-likeness (QED) is 0.476. The summed E-state index contributed by atoms with van der Waals surface area (Å²) in [6.07, 6.45) is 8.63. The van der Waals surface area contributed by atoms with Gasteiger partial charge in [0.1, 0.15) is 24.5 Å². The van der Waals surface area contributed by atoms with E-state index in [2.05, 4.69) is 20.9 Å². The van der Waals surface area contributed by atoms with Crippen LogP contribution in [-0.4, -0.2) is 50.2 Å². The van der Waals surface area contributed by atoms with Crippen molar-refractivity contribution in [2.45, 2.75) is 58.3 Å². The van der Waals surface area contributed by atoms with Gasteiger partial charge in [-0.3, -0.25) is 4.90 Å². The van der Waals surface area contributed by atoms with E-state index in [-0.39, 0.29) is 18.7 Å². The number of ether oxygens (including phenoxy) is 3. The van der Waals surface area contributed by atoms with Crippen molar-refractivity contribution in [3.8, 4) is 24.2 Å². The van der Waals surface area contributed by atoms with Crippen LogP contribution in [-0.2, 0) is 11.3 Å². The Balaban J connectivity index is 1.49. The summed E-state index contributed by atoms with van der Waals surface area (Å²) in [5, 5.41) is 0.653. The Morgan fingerprint density at radius 3 is 2.69 bits per heavy atom. The van der Waals surface area contributed by atoms with Crippen LogP contribution in [0.3, 0.4) is 0 Å². The normalized spacial score (nSPS) is 17.7. The first-order valence-corrected chi connectivity index (χ1v) is 11.6. The fourth-order valence-corrected chi connectivity index (χ4v) is 4.00. The lowest BCUT2D eigenvalue weighted by Gasteiger charge is -2.35. The Morgan fingerprint density at radius 2 is 1.97 bits per heavy atom. The van der Waals surface area contributed by atoms with Crippen LogP contribution >= 0.6 is 0 Å². The first-order valence-electron chi connectivity index (χ1n) is 11.6. The highest BCUT2D eigenvalue weighted by Gasteiger charge is 2.42. The zero-order valence-electron chi connectivity index (χ0n) is 20.6. The number of likely N-dealkylation sites (tertiary alicyclic amines) is 1.